The minimum absolute atomic E-state index is 0.0166. The summed E-state index contributed by atoms with van der Waals surface area (Å²) in [6, 6.07) is 11.6. The summed E-state index contributed by atoms with van der Waals surface area (Å²) in [6.07, 6.45) is 3.93. The summed E-state index contributed by atoms with van der Waals surface area (Å²) in [5.41, 5.74) is 1.05. The van der Waals surface area contributed by atoms with E-state index in [9.17, 15) is 9.59 Å². The Kier molecular flexibility index (Phi) is 6.58. The van der Waals surface area contributed by atoms with E-state index in [0.29, 0.717) is 34.2 Å². The molecule has 0 radical (unpaired) electrons. The van der Waals surface area contributed by atoms with Gasteiger partial charge in [0, 0.05) is 5.02 Å². The van der Waals surface area contributed by atoms with Gasteiger partial charge in [-0.2, -0.15) is 0 Å². The second-order valence-corrected chi connectivity index (χ2v) is 9.83. The van der Waals surface area contributed by atoms with Gasteiger partial charge in [0.05, 0.1) is 23.6 Å². The first kappa shape index (κ1) is 23.5. The van der Waals surface area contributed by atoms with Gasteiger partial charge in [0.2, 0.25) is 10.9 Å². The van der Waals surface area contributed by atoms with E-state index in [0.717, 1.165) is 35.6 Å². The number of hydrogen-bond donors (Lipinski definition) is 0. The first-order valence-electron chi connectivity index (χ1n) is 11.7. The maximum Gasteiger partial charge on any atom is 0.297 e. The number of fused-ring (bicyclic) bond motifs is 2. The molecule has 1 aliphatic heterocycles. The highest BCUT2D eigenvalue weighted by Crippen LogP contribution is 2.42. The third-order valence-corrected chi connectivity index (χ3v) is 7.31. The van der Waals surface area contributed by atoms with Crippen molar-refractivity contribution < 1.29 is 13.9 Å². The van der Waals surface area contributed by atoms with Crippen LogP contribution in [0.2, 0.25) is 5.02 Å². The molecule has 35 heavy (non-hydrogen) atoms. The Labute approximate surface area is 211 Å². The van der Waals surface area contributed by atoms with E-state index in [1.165, 1.54) is 16.2 Å². The molecule has 3 heterocycles. The molecular weight excluding hydrogens is 486 g/mol. The Morgan fingerprint density at radius 1 is 1.09 bits per heavy atom. The summed E-state index contributed by atoms with van der Waals surface area (Å²) in [5.74, 6) is 0.336. The highest BCUT2D eigenvalue weighted by Gasteiger charge is 2.45. The number of unbranched alkanes of at least 4 members (excludes halogenated alkanes) is 2. The van der Waals surface area contributed by atoms with Crippen LogP contribution in [0, 0.1) is 0 Å². The van der Waals surface area contributed by atoms with Crippen LogP contribution in [0.15, 0.2) is 51.7 Å². The zero-order chi connectivity index (χ0) is 24.5. The SMILES string of the molecule is CCCCCOc1ccc(C2c3c(oc4ccc(Cl)cc4c3=O)C(=O)N2c2nnc(CC)s2)cc1. The monoisotopic (exact) mass is 509 g/mol. The number of ether oxygens (including phenoxy) is 1. The molecule has 0 N–H and O–H groups in total. The zero-order valence-electron chi connectivity index (χ0n) is 19.4. The molecule has 0 bridgehead atoms. The number of carbonyl (C=O) groups excluding carboxylic acids is 1. The van der Waals surface area contributed by atoms with Gasteiger partial charge in [-0.1, -0.05) is 61.8 Å². The van der Waals surface area contributed by atoms with Gasteiger partial charge < -0.3 is 9.15 Å². The molecule has 1 amide bonds. The Morgan fingerprint density at radius 2 is 1.89 bits per heavy atom. The van der Waals surface area contributed by atoms with Gasteiger partial charge in [0.15, 0.2) is 5.43 Å². The van der Waals surface area contributed by atoms with Crippen molar-refractivity contribution in [3.05, 3.63) is 79.6 Å². The Balaban J connectivity index is 1.61. The average molecular weight is 510 g/mol. The number of hydrogen-bond acceptors (Lipinski definition) is 7. The quantitative estimate of drug-likeness (QED) is 0.264. The van der Waals surface area contributed by atoms with Gasteiger partial charge in [0.1, 0.15) is 16.3 Å². The molecule has 7 nitrogen and oxygen atoms in total. The molecule has 2 aromatic carbocycles. The van der Waals surface area contributed by atoms with Crippen LogP contribution in [0.3, 0.4) is 0 Å². The second-order valence-electron chi connectivity index (χ2n) is 8.35. The van der Waals surface area contributed by atoms with Gasteiger partial charge in [-0.05, 0) is 48.7 Å². The molecule has 180 valence electrons. The van der Waals surface area contributed by atoms with E-state index >= 15 is 0 Å². The van der Waals surface area contributed by atoms with Crippen molar-refractivity contribution in [1.29, 1.82) is 0 Å². The Morgan fingerprint density at radius 3 is 2.60 bits per heavy atom. The predicted octanol–water partition coefficient (Wildman–Crippen LogP) is 6.18. The van der Waals surface area contributed by atoms with Crippen molar-refractivity contribution in [2.75, 3.05) is 11.5 Å². The number of amides is 1. The summed E-state index contributed by atoms with van der Waals surface area (Å²) in [4.78, 5) is 28.8. The molecule has 1 unspecified atom stereocenters. The topological polar surface area (TPSA) is 85.5 Å². The molecule has 1 aliphatic rings. The second kappa shape index (κ2) is 9.79. The maximum atomic E-state index is 13.7. The number of halogens is 1. The molecule has 5 rings (SSSR count). The number of rotatable bonds is 8. The molecule has 1 atom stereocenters. The van der Waals surface area contributed by atoms with E-state index < -0.39 is 11.9 Å². The molecular formula is C26H24ClN3O4S. The standard InChI is InChI=1S/C26H24ClN3O4S/c1-3-5-6-13-33-17-10-7-15(8-11-17)22-21-23(31)18-14-16(27)9-12-19(18)34-24(21)25(32)30(22)26-29-28-20(4-2)35-26/h7-12,14,22H,3-6,13H2,1-2H3. The fourth-order valence-corrected chi connectivity index (χ4v) is 5.21. The predicted molar refractivity (Wildman–Crippen MR) is 137 cm³/mol. The smallest absolute Gasteiger partial charge is 0.297 e. The van der Waals surface area contributed by atoms with E-state index in [-0.39, 0.29) is 16.8 Å². The van der Waals surface area contributed by atoms with Crippen LogP contribution in [0.1, 0.15) is 65.8 Å². The summed E-state index contributed by atoms with van der Waals surface area (Å²) >= 11 is 7.49. The van der Waals surface area contributed by atoms with Crippen LogP contribution in [-0.2, 0) is 6.42 Å². The number of aryl methyl sites for hydroxylation is 1. The molecule has 0 aliphatic carbocycles. The summed E-state index contributed by atoms with van der Waals surface area (Å²) in [6.45, 7) is 4.77. The molecule has 4 aromatic rings. The van der Waals surface area contributed by atoms with Gasteiger partial charge in [-0.3, -0.25) is 14.5 Å². The summed E-state index contributed by atoms with van der Waals surface area (Å²) < 4.78 is 11.8. The van der Waals surface area contributed by atoms with Crippen molar-refractivity contribution >= 4 is 44.9 Å². The van der Waals surface area contributed by atoms with Gasteiger partial charge >= 0.3 is 0 Å². The van der Waals surface area contributed by atoms with Gasteiger partial charge in [-0.15, -0.1) is 10.2 Å². The van der Waals surface area contributed by atoms with E-state index in [2.05, 4.69) is 17.1 Å². The van der Waals surface area contributed by atoms with Crippen molar-refractivity contribution in [2.45, 2.75) is 45.6 Å². The maximum absolute atomic E-state index is 13.7. The minimum Gasteiger partial charge on any atom is -0.494 e. The molecule has 0 saturated heterocycles. The highest BCUT2D eigenvalue weighted by molar-refractivity contribution is 7.15. The van der Waals surface area contributed by atoms with Crippen molar-refractivity contribution in [3.63, 3.8) is 0 Å². The van der Waals surface area contributed by atoms with E-state index in [1.807, 2.05) is 31.2 Å². The number of aromatic nitrogens is 2. The Bertz CT molecular complexity index is 1450. The first-order chi connectivity index (χ1) is 17.0. The van der Waals surface area contributed by atoms with E-state index in [4.69, 9.17) is 20.8 Å². The van der Waals surface area contributed by atoms with Crippen LogP contribution in [-0.4, -0.2) is 22.7 Å². The van der Waals surface area contributed by atoms with Crippen molar-refractivity contribution in [2.24, 2.45) is 0 Å². The normalized spacial score (nSPS) is 15.1. The lowest BCUT2D eigenvalue weighted by molar-refractivity contribution is 0.0970. The largest absolute Gasteiger partial charge is 0.494 e. The zero-order valence-corrected chi connectivity index (χ0v) is 21.0. The van der Waals surface area contributed by atoms with Gasteiger partial charge in [-0.25, -0.2) is 0 Å². The van der Waals surface area contributed by atoms with Crippen LogP contribution in [0.5, 0.6) is 5.75 Å². The minimum atomic E-state index is -0.705. The van der Waals surface area contributed by atoms with Crippen LogP contribution in [0.25, 0.3) is 11.0 Å². The molecule has 2 aromatic heterocycles. The van der Waals surface area contributed by atoms with Crippen molar-refractivity contribution in [3.8, 4) is 5.75 Å². The van der Waals surface area contributed by atoms with Gasteiger partial charge in [0.25, 0.3) is 5.91 Å². The van der Waals surface area contributed by atoms with Crippen LogP contribution < -0.4 is 15.1 Å². The summed E-state index contributed by atoms with van der Waals surface area (Å²) in [7, 11) is 0. The lowest BCUT2D eigenvalue weighted by Crippen LogP contribution is -2.29. The number of anilines is 1. The van der Waals surface area contributed by atoms with Crippen molar-refractivity contribution in [1.82, 2.24) is 10.2 Å². The fraction of sp³-hybridized carbons (Fsp3) is 0.308. The number of nitrogens with zero attached hydrogens (tertiary/aromatic N) is 3. The Hall–Kier alpha value is -3.23. The lowest BCUT2D eigenvalue weighted by Gasteiger charge is -2.22. The third-order valence-electron chi connectivity index (χ3n) is 6.01. The third kappa shape index (κ3) is 4.32. The number of carbonyl (C=O) groups is 1. The van der Waals surface area contributed by atoms with E-state index in [1.54, 1.807) is 18.2 Å². The first-order valence-corrected chi connectivity index (χ1v) is 12.9. The molecule has 0 spiro atoms. The number of benzene rings is 2. The molecule has 9 heteroatoms. The molecule has 0 fully saturated rings. The van der Waals surface area contributed by atoms with Crippen LogP contribution in [0.4, 0.5) is 5.13 Å². The van der Waals surface area contributed by atoms with Crippen LogP contribution >= 0.6 is 22.9 Å². The average Bonchev–Trinajstić information content (AvgIpc) is 3.45. The summed E-state index contributed by atoms with van der Waals surface area (Å²) in [5, 5.41) is 10.4. The highest BCUT2D eigenvalue weighted by atomic mass is 35.5. The lowest BCUT2D eigenvalue weighted by atomic mass is 9.98. The molecule has 0 saturated carbocycles. The fourth-order valence-electron chi connectivity index (χ4n) is 4.23.